The van der Waals surface area contributed by atoms with Gasteiger partial charge >= 0.3 is 0 Å². The zero-order chi connectivity index (χ0) is 21.2. The summed E-state index contributed by atoms with van der Waals surface area (Å²) in [5.74, 6) is -0.157. The molecule has 2 aromatic rings. The molecule has 0 aliphatic carbocycles. The van der Waals surface area contributed by atoms with Crippen molar-refractivity contribution in [2.45, 2.75) is 6.42 Å². The summed E-state index contributed by atoms with van der Waals surface area (Å²) in [5, 5.41) is 14.8. The summed E-state index contributed by atoms with van der Waals surface area (Å²) < 4.78 is 0. The fourth-order valence-corrected chi connectivity index (χ4v) is 3.28. The molecule has 1 heterocycles. The number of nitrogens with one attached hydrogen (secondary N) is 1. The van der Waals surface area contributed by atoms with Crippen LogP contribution >= 0.6 is 0 Å². The fraction of sp³-hybridized carbons (Fsp3) is 0.273. The lowest BCUT2D eigenvalue weighted by molar-refractivity contribution is -0.385. The summed E-state index contributed by atoms with van der Waals surface area (Å²) in [4.78, 5) is 27.1. The van der Waals surface area contributed by atoms with Crippen LogP contribution in [0.3, 0.4) is 0 Å². The average molecular weight is 407 g/mol. The van der Waals surface area contributed by atoms with E-state index in [2.05, 4.69) is 32.5 Å². The Bertz CT molecular complexity index is 906. The van der Waals surface area contributed by atoms with Crippen LogP contribution in [0.2, 0.25) is 0 Å². The second-order valence-corrected chi connectivity index (χ2v) is 6.90. The van der Waals surface area contributed by atoms with Crippen molar-refractivity contribution < 1.29 is 9.72 Å². The first-order chi connectivity index (χ1) is 14.6. The van der Waals surface area contributed by atoms with E-state index in [0.717, 1.165) is 26.2 Å². The molecule has 30 heavy (non-hydrogen) atoms. The minimum Gasteiger partial charge on any atom is -0.369 e. The first-order valence-corrected chi connectivity index (χ1v) is 9.88. The number of piperazine rings is 1. The highest BCUT2D eigenvalue weighted by atomic mass is 16.6. The SMILES string of the molecule is O=C(CCN1CCN(c2ccccc2)CC1)N/N=C/C=C/c1ccccc1[N+](=O)[O-]. The maximum Gasteiger partial charge on any atom is 0.276 e. The number of nitrogens with zero attached hydrogens (tertiary/aromatic N) is 4. The number of hydrazone groups is 1. The molecule has 0 unspecified atom stereocenters. The lowest BCUT2D eigenvalue weighted by Gasteiger charge is -2.36. The maximum atomic E-state index is 12.0. The Hall–Kier alpha value is -3.52. The van der Waals surface area contributed by atoms with E-state index in [9.17, 15) is 14.9 Å². The van der Waals surface area contributed by atoms with E-state index in [4.69, 9.17) is 0 Å². The van der Waals surface area contributed by atoms with E-state index in [1.54, 1.807) is 30.4 Å². The van der Waals surface area contributed by atoms with Crippen LogP contribution in [0, 0.1) is 10.1 Å². The van der Waals surface area contributed by atoms with Crippen LogP contribution in [0.15, 0.2) is 65.8 Å². The number of para-hydroxylation sites is 2. The second kappa shape index (κ2) is 10.9. The number of hydrogen-bond acceptors (Lipinski definition) is 6. The number of carbonyl (C=O) groups is 1. The Morgan fingerprint density at radius 3 is 2.50 bits per heavy atom. The van der Waals surface area contributed by atoms with Crippen molar-refractivity contribution in [1.29, 1.82) is 0 Å². The maximum absolute atomic E-state index is 12.0. The number of benzene rings is 2. The summed E-state index contributed by atoms with van der Waals surface area (Å²) in [5.41, 5.74) is 4.23. The van der Waals surface area contributed by atoms with Crippen LogP contribution in [0.4, 0.5) is 11.4 Å². The molecular weight excluding hydrogens is 382 g/mol. The van der Waals surface area contributed by atoms with Gasteiger partial charge in [0, 0.05) is 57.1 Å². The van der Waals surface area contributed by atoms with Crippen molar-refractivity contribution in [2.75, 3.05) is 37.6 Å². The third-order valence-corrected chi connectivity index (χ3v) is 4.91. The first-order valence-electron chi connectivity index (χ1n) is 9.88. The number of allylic oxidation sites excluding steroid dienone is 1. The second-order valence-electron chi connectivity index (χ2n) is 6.90. The predicted molar refractivity (Wildman–Crippen MR) is 118 cm³/mol. The molecule has 0 spiro atoms. The molecule has 0 radical (unpaired) electrons. The van der Waals surface area contributed by atoms with Gasteiger partial charge < -0.3 is 4.90 Å². The topological polar surface area (TPSA) is 91.1 Å². The molecule has 8 heteroatoms. The summed E-state index contributed by atoms with van der Waals surface area (Å²) >= 11 is 0. The lowest BCUT2D eigenvalue weighted by atomic mass is 10.2. The van der Waals surface area contributed by atoms with Gasteiger partial charge in [0.15, 0.2) is 0 Å². The number of anilines is 1. The Morgan fingerprint density at radius 2 is 1.77 bits per heavy atom. The van der Waals surface area contributed by atoms with Gasteiger partial charge in [-0.2, -0.15) is 5.10 Å². The molecule has 1 amide bonds. The molecule has 1 aliphatic rings. The van der Waals surface area contributed by atoms with Gasteiger partial charge in [-0.15, -0.1) is 0 Å². The van der Waals surface area contributed by atoms with Crippen molar-refractivity contribution in [3.63, 3.8) is 0 Å². The van der Waals surface area contributed by atoms with Gasteiger partial charge in [0.05, 0.1) is 10.5 Å². The number of amides is 1. The molecular formula is C22H25N5O3. The Kier molecular flexibility index (Phi) is 7.68. The normalized spacial score (nSPS) is 15.0. The molecule has 0 aromatic heterocycles. The van der Waals surface area contributed by atoms with Crippen molar-refractivity contribution in [3.05, 3.63) is 76.4 Å². The number of hydrogen-bond donors (Lipinski definition) is 1. The number of rotatable bonds is 8. The van der Waals surface area contributed by atoms with Gasteiger partial charge in [-0.3, -0.25) is 19.8 Å². The van der Waals surface area contributed by atoms with Crippen LogP contribution in [0.1, 0.15) is 12.0 Å². The zero-order valence-corrected chi connectivity index (χ0v) is 16.7. The largest absolute Gasteiger partial charge is 0.369 e. The molecule has 156 valence electrons. The molecule has 2 aromatic carbocycles. The van der Waals surface area contributed by atoms with Gasteiger partial charge in [-0.1, -0.05) is 30.3 Å². The van der Waals surface area contributed by atoms with Crippen LogP contribution in [0.5, 0.6) is 0 Å². The smallest absolute Gasteiger partial charge is 0.276 e. The van der Waals surface area contributed by atoms with Gasteiger partial charge in [0.25, 0.3) is 5.69 Å². The summed E-state index contributed by atoms with van der Waals surface area (Å²) in [7, 11) is 0. The lowest BCUT2D eigenvalue weighted by Crippen LogP contribution is -2.47. The molecule has 0 atom stereocenters. The van der Waals surface area contributed by atoms with E-state index in [0.29, 0.717) is 18.5 Å². The van der Waals surface area contributed by atoms with Gasteiger partial charge in [0.2, 0.25) is 5.91 Å². The van der Waals surface area contributed by atoms with E-state index in [1.165, 1.54) is 18.0 Å². The molecule has 1 fully saturated rings. The van der Waals surface area contributed by atoms with E-state index in [1.807, 2.05) is 18.2 Å². The minimum absolute atomic E-state index is 0.0264. The fourth-order valence-electron chi connectivity index (χ4n) is 3.28. The molecule has 1 N–H and O–H groups in total. The quantitative estimate of drug-likeness (QED) is 0.413. The Balaban J connectivity index is 1.36. The van der Waals surface area contributed by atoms with Gasteiger partial charge in [0.1, 0.15) is 0 Å². The van der Waals surface area contributed by atoms with Crippen molar-refractivity contribution in [2.24, 2.45) is 5.10 Å². The first kappa shape index (κ1) is 21.2. The molecule has 0 bridgehead atoms. The van der Waals surface area contributed by atoms with Crippen molar-refractivity contribution in [3.8, 4) is 0 Å². The highest BCUT2D eigenvalue weighted by Crippen LogP contribution is 2.18. The number of nitro benzene ring substituents is 1. The monoisotopic (exact) mass is 407 g/mol. The van der Waals surface area contributed by atoms with E-state index >= 15 is 0 Å². The number of carbonyl (C=O) groups excluding carboxylic acids is 1. The highest BCUT2D eigenvalue weighted by Gasteiger charge is 2.17. The highest BCUT2D eigenvalue weighted by molar-refractivity contribution is 5.82. The number of nitro groups is 1. The standard InChI is InChI=1S/C22H25N5O3/c28-22(24-23-13-6-8-19-7-4-5-11-21(19)27(29)30)12-14-25-15-17-26(18-16-25)20-9-2-1-3-10-20/h1-11,13H,12,14-18H2,(H,24,28)/b8-6+,23-13+. The molecule has 1 saturated heterocycles. The third-order valence-electron chi connectivity index (χ3n) is 4.91. The Labute approximate surface area is 175 Å². The van der Waals surface area contributed by atoms with Gasteiger partial charge in [-0.05, 0) is 30.4 Å². The van der Waals surface area contributed by atoms with Crippen LogP contribution in [-0.2, 0) is 4.79 Å². The van der Waals surface area contributed by atoms with E-state index < -0.39 is 4.92 Å². The van der Waals surface area contributed by atoms with Crippen LogP contribution in [-0.4, -0.2) is 54.7 Å². The molecule has 0 saturated carbocycles. The van der Waals surface area contributed by atoms with Crippen molar-refractivity contribution >= 4 is 29.6 Å². The van der Waals surface area contributed by atoms with Crippen LogP contribution in [0.25, 0.3) is 6.08 Å². The van der Waals surface area contributed by atoms with E-state index in [-0.39, 0.29) is 11.6 Å². The summed E-state index contributed by atoms with van der Waals surface area (Å²) in [6.45, 7) is 4.42. The summed E-state index contributed by atoms with van der Waals surface area (Å²) in [6, 6.07) is 16.8. The summed E-state index contributed by atoms with van der Waals surface area (Å²) in [6.07, 6.45) is 4.93. The third kappa shape index (κ3) is 6.25. The predicted octanol–water partition coefficient (Wildman–Crippen LogP) is 2.92. The molecule has 3 rings (SSSR count). The zero-order valence-electron chi connectivity index (χ0n) is 16.7. The average Bonchev–Trinajstić information content (AvgIpc) is 2.78. The minimum atomic E-state index is -0.432. The Morgan fingerprint density at radius 1 is 1.07 bits per heavy atom. The van der Waals surface area contributed by atoms with Gasteiger partial charge in [-0.25, -0.2) is 5.43 Å². The van der Waals surface area contributed by atoms with Crippen molar-refractivity contribution in [1.82, 2.24) is 10.3 Å². The molecule has 8 nitrogen and oxygen atoms in total. The van der Waals surface area contributed by atoms with Crippen LogP contribution < -0.4 is 10.3 Å². The molecule has 1 aliphatic heterocycles.